The normalized spacial score (nSPS) is 17.2. The number of ether oxygens (including phenoxy) is 1. The van der Waals surface area contributed by atoms with Crippen LogP contribution in [-0.4, -0.2) is 40.1 Å². The smallest absolute Gasteiger partial charge is 0.249 e. The molecule has 2 N–H and O–H groups in total. The van der Waals surface area contributed by atoms with Gasteiger partial charge < -0.3 is 19.9 Å². The number of nitrogens with zero attached hydrogens (tertiary/aromatic N) is 2. The number of imidazole rings is 1. The Morgan fingerprint density at radius 3 is 2.88 bits per heavy atom. The van der Waals surface area contributed by atoms with Crippen molar-refractivity contribution < 1.29 is 14.3 Å². The van der Waals surface area contributed by atoms with E-state index in [1.54, 1.807) is 0 Å². The van der Waals surface area contributed by atoms with Crippen molar-refractivity contribution in [2.75, 3.05) is 6.61 Å². The lowest BCUT2D eigenvalue weighted by Crippen LogP contribution is -2.36. The highest BCUT2D eigenvalue weighted by molar-refractivity contribution is 5.82. The summed E-state index contributed by atoms with van der Waals surface area (Å²) in [5.74, 6) is 0.457. The molecule has 1 aromatic carbocycles. The van der Waals surface area contributed by atoms with Crippen LogP contribution in [0.3, 0.4) is 0 Å². The summed E-state index contributed by atoms with van der Waals surface area (Å²) in [4.78, 5) is 28.9. The standard InChI is InChI=1S/C18H24N4O3/c1-12(2)20-17(23)11-22-14-7-4-3-6-13(14)21-16(22)10-19-18(24)15-8-5-9-25-15/h3-4,6-7,12,15H,5,8-11H2,1-2H3,(H,19,24)(H,20,23). The van der Waals surface area contributed by atoms with Crippen molar-refractivity contribution in [1.29, 1.82) is 0 Å². The number of hydrogen-bond donors (Lipinski definition) is 2. The number of carbonyl (C=O) groups is 2. The third-order valence-electron chi connectivity index (χ3n) is 4.13. The van der Waals surface area contributed by atoms with Gasteiger partial charge in [0, 0.05) is 12.6 Å². The molecule has 7 heteroatoms. The summed E-state index contributed by atoms with van der Waals surface area (Å²) in [7, 11) is 0. The maximum Gasteiger partial charge on any atom is 0.249 e. The maximum atomic E-state index is 12.2. The van der Waals surface area contributed by atoms with Crippen LogP contribution in [0.4, 0.5) is 0 Å². The molecule has 3 rings (SSSR count). The van der Waals surface area contributed by atoms with Crippen LogP contribution in [0.1, 0.15) is 32.5 Å². The molecule has 0 aliphatic carbocycles. The number of benzene rings is 1. The highest BCUT2D eigenvalue weighted by Crippen LogP contribution is 2.17. The highest BCUT2D eigenvalue weighted by atomic mass is 16.5. The molecule has 0 bridgehead atoms. The summed E-state index contributed by atoms with van der Waals surface area (Å²) < 4.78 is 7.25. The van der Waals surface area contributed by atoms with Crippen LogP contribution >= 0.6 is 0 Å². The van der Waals surface area contributed by atoms with E-state index in [4.69, 9.17) is 4.74 Å². The van der Waals surface area contributed by atoms with E-state index >= 15 is 0 Å². The lowest BCUT2D eigenvalue weighted by Gasteiger charge is -2.13. The molecular formula is C18H24N4O3. The predicted octanol–water partition coefficient (Wildman–Crippen LogP) is 1.36. The van der Waals surface area contributed by atoms with E-state index in [9.17, 15) is 9.59 Å². The molecular weight excluding hydrogens is 320 g/mol. The van der Waals surface area contributed by atoms with Crippen molar-refractivity contribution in [3.63, 3.8) is 0 Å². The van der Waals surface area contributed by atoms with Crippen LogP contribution in [-0.2, 0) is 27.4 Å². The van der Waals surface area contributed by atoms with Gasteiger partial charge in [-0.25, -0.2) is 4.98 Å². The summed E-state index contributed by atoms with van der Waals surface area (Å²) in [6.45, 7) is 4.91. The minimum atomic E-state index is -0.373. The van der Waals surface area contributed by atoms with Crippen molar-refractivity contribution in [3.05, 3.63) is 30.1 Å². The summed E-state index contributed by atoms with van der Waals surface area (Å²) in [6.07, 6.45) is 1.28. The van der Waals surface area contributed by atoms with Crippen LogP contribution in [0.15, 0.2) is 24.3 Å². The molecule has 1 atom stereocenters. The van der Waals surface area contributed by atoms with Gasteiger partial charge in [0.05, 0.1) is 17.6 Å². The van der Waals surface area contributed by atoms with Gasteiger partial charge in [0.1, 0.15) is 18.5 Å². The van der Waals surface area contributed by atoms with Crippen LogP contribution in [0, 0.1) is 0 Å². The lowest BCUT2D eigenvalue weighted by atomic mass is 10.2. The first-order chi connectivity index (χ1) is 12.0. The summed E-state index contributed by atoms with van der Waals surface area (Å²) in [5, 5.41) is 5.76. The van der Waals surface area contributed by atoms with Crippen molar-refractivity contribution >= 4 is 22.8 Å². The molecule has 2 aromatic rings. The third kappa shape index (κ3) is 4.17. The second kappa shape index (κ2) is 7.65. The Kier molecular flexibility index (Phi) is 5.33. The Labute approximate surface area is 146 Å². The van der Waals surface area contributed by atoms with Crippen molar-refractivity contribution in [2.45, 2.75) is 51.9 Å². The number of hydrogen-bond acceptors (Lipinski definition) is 4. The van der Waals surface area contributed by atoms with Crippen LogP contribution in [0.2, 0.25) is 0 Å². The minimum Gasteiger partial charge on any atom is -0.368 e. The Hall–Kier alpha value is -2.41. The van der Waals surface area contributed by atoms with Crippen molar-refractivity contribution in [3.8, 4) is 0 Å². The van der Waals surface area contributed by atoms with E-state index in [0.29, 0.717) is 12.4 Å². The molecule has 2 amide bonds. The minimum absolute atomic E-state index is 0.0740. The summed E-state index contributed by atoms with van der Waals surface area (Å²) >= 11 is 0. The maximum absolute atomic E-state index is 12.2. The average Bonchev–Trinajstić information content (AvgIpc) is 3.21. The number of rotatable bonds is 6. The molecule has 1 fully saturated rings. The second-order valence-electron chi connectivity index (χ2n) is 6.54. The monoisotopic (exact) mass is 344 g/mol. The molecule has 25 heavy (non-hydrogen) atoms. The molecule has 0 spiro atoms. The zero-order valence-corrected chi connectivity index (χ0v) is 14.6. The van der Waals surface area contributed by atoms with Gasteiger partial charge in [-0.3, -0.25) is 9.59 Å². The zero-order chi connectivity index (χ0) is 17.8. The van der Waals surface area contributed by atoms with Crippen molar-refractivity contribution in [1.82, 2.24) is 20.2 Å². The fourth-order valence-electron chi connectivity index (χ4n) is 3.01. The molecule has 1 aliphatic rings. The predicted molar refractivity (Wildman–Crippen MR) is 93.8 cm³/mol. The first-order valence-electron chi connectivity index (χ1n) is 8.67. The molecule has 1 unspecified atom stereocenters. The van der Waals surface area contributed by atoms with Gasteiger partial charge in [0.15, 0.2) is 0 Å². The van der Waals surface area contributed by atoms with E-state index in [2.05, 4.69) is 15.6 Å². The Bertz CT molecular complexity index is 763. The number of nitrogens with one attached hydrogen (secondary N) is 2. The van der Waals surface area contributed by atoms with Crippen molar-refractivity contribution in [2.24, 2.45) is 0 Å². The molecule has 2 heterocycles. The summed E-state index contributed by atoms with van der Waals surface area (Å²) in [6, 6.07) is 7.72. The Balaban J connectivity index is 1.77. The largest absolute Gasteiger partial charge is 0.368 e. The van der Waals surface area contributed by atoms with Crippen LogP contribution in [0.25, 0.3) is 11.0 Å². The van der Waals surface area contributed by atoms with Gasteiger partial charge in [-0.15, -0.1) is 0 Å². The first-order valence-corrected chi connectivity index (χ1v) is 8.67. The van der Waals surface area contributed by atoms with Gasteiger partial charge in [-0.05, 0) is 38.8 Å². The number of amides is 2. The third-order valence-corrected chi connectivity index (χ3v) is 4.13. The average molecular weight is 344 g/mol. The highest BCUT2D eigenvalue weighted by Gasteiger charge is 2.24. The fourth-order valence-corrected chi connectivity index (χ4v) is 3.01. The van der Waals surface area contributed by atoms with Gasteiger partial charge >= 0.3 is 0 Å². The Morgan fingerprint density at radius 2 is 2.16 bits per heavy atom. The van der Waals surface area contributed by atoms with Gasteiger partial charge in [0.2, 0.25) is 11.8 Å². The van der Waals surface area contributed by atoms with Gasteiger partial charge in [-0.2, -0.15) is 0 Å². The van der Waals surface area contributed by atoms with E-state index in [-0.39, 0.29) is 37.0 Å². The Morgan fingerprint density at radius 1 is 1.36 bits per heavy atom. The van der Waals surface area contributed by atoms with E-state index in [1.807, 2.05) is 42.7 Å². The first kappa shape index (κ1) is 17.4. The topological polar surface area (TPSA) is 85.2 Å². The zero-order valence-electron chi connectivity index (χ0n) is 14.6. The fraction of sp³-hybridized carbons (Fsp3) is 0.500. The molecule has 0 saturated carbocycles. The lowest BCUT2D eigenvalue weighted by molar-refractivity contribution is -0.130. The number of fused-ring (bicyclic) bond motifs is 1. The van der Waals surface area contributed by atoms with Crippen LogP contribution in [0.5, 0.6) is 0 Å². The number of carbonyl (C=O) groups excluding carboxylic acids is 2. The van der Waals surface area contributed by atoms with Gasteiger partial charge in [-0.1, -0.05) is 12.1 Å². The summed E-state index contributed by atoms with van der Waals surface area (Å²) in [5.41, 5.74) is 1.68. The van der Waals surface area contributed by atoms with E-state index < -0.39 is 0 Å². The quantitative estimate of drug-likeness (QED) is 0.828. The second-order valence-corrected chi connectivity index (χ2v) is 6.54. The molecule has 134 valence electrons. The SMILES string of the molecule is CC(C)NC(=O)Cn1c(CNC(=O)C2CCCO2)nc2ccccc21. The molecule has 7 nitrogen and oxygen atoms in total. The van der Waals surface area contributed by atoms with Gasteiger partial charge in [0.25, 0.3) is 0 Å². The molecule has 0 radical (unpaired) electrons. The molecule has 1 aliphatic heterocycles. The van der Waals surface area contributed by atoms with E-state index in [0.717, 1.165) is 23.9 Å². The number of aromatic nitrogens is 2. The van der Waals surface area contributed by atoms with E-state index in [1.165, 1.54) is 0 Å². The van der Waals surface area contributed by atoms with Crippen LogP contribution < -0.4 is 10.6 Å². The number of para-hydroxylation sites is 2. The molecule has 1 saturated heterocycles. The molecule has 1 aromatic heterocycles.